The fraction of sp³-hybridized carbons (Fsp3) is 0.429. The number of nitrogens with two attached hydrogens (primary N) is 1. The van der Waals surface area contributed by atoms with Crippen molar-refractivity contribution in [3.05, 3.63) is 47.5 Å². The van der Waals surface area contributed by atoms with Gasteiger partial charge < -0.3 is 0 Å². The van der Waals surface area contributed by atoms with Crippen LogP contribution in [0.2, 0.25) is 0 Å². The van der Waals surface area contributed by atoms with Crippen molar-refractivity contribution >= 4 is 0 Å². The molecule has 106 valence electrons. The molecule has 19 heavy (non-hydrogen) atoms. The van der Waals surface area contributed by atoms with Crippen molar-refractivity contribution in [1.82, 2.24) is 5.43 Å². The van der Waals surface area contributed by atoms with Crippen LogP contribution in [0, 0.1) is 0 Å². The van der Waals surface area contributed by atoms with Gasteiger partial charge in [0.05, 0.1) is 5.56 Å². The van der Waals surface area contributed by atoms with Gasteiger partial charge in [0.25, 0.3) is 0 Å². The summed E-state index contributed by atoms with van der Waals surface area (Å²) in [4.78, 5) is 0. The van der Waals surface area contributed by atoms with Crippen LogP contribution in [0.15, 0.2) is 36.4 Å². The van der Waals surface area contributed by atoms with Crippen molar-refractivity contribution in [3.8, 4) is 0 Å². The summed E-state index contributed by atoms with van der Waals surface area (Å²) in [6.07, 6.45) is -2.13. The summed E-state index contributed by atoms with van der Waals surface area (Å²) < 4.78 is 37.3. The molecule has 3 N–H and O–H groups in total. The number of rotatable bonds is 6. The Morgan fingerprint density at radius 2 is 1.89 bits per heavy atom. The summed E-state index contributed by atoms with van der Waals surface area (Å²) in [6.45, 7) is 5.91. The van der Waals surface area contributed by atoms with Crippen LogP contribution < -0.4 is 11.3 Å². The average molecular weight is 272 g/mol. The second-order valence-corrected chi connectivity index (χ2v) is 4.57. The SMILES string of the molecule is C=C(CC)CC(Cc1ccc(C(F)(F)F)cc1)NN. The van der Waals surface area contributed by atoms with Gasteiger partial charge >= 0.3 is 6.18 Å². The zero-order chi connectivity index (χ0) is 14.5. The predicted molar refractivity (Wildman–Crippen MR) is 70.3 cm³/mol. The molecule has 0 aliphatic carbocycles. The third kappa shape index (κ3) is 5.04. The topological polar surface area (TPSA) is 38.0 Å². The number of hydrogen-bond donors (Lipinski definition) is 2. The molecule has 0 saturated heterocycles. The van der Waals surface area contributed by atoms with E-state index in [1.807, 2.05) is 6.92 Å². The highest BCUT2D eigenvalue weighted by atomic mass is 19.4. The zero-order valence-electron chi connectivity index (χ0n) is 10.9. The van der Waals surface area contributed by atoms with Gasteiger partial charge in [0.1, 0.15) is 0 Å². The monoisotopic (exact) mass is 272 g/mol. The fourth-order valence-electron chi connectivity index (χ4n) is 1.80. The first-order valence-corrected chi connectivity index (χ1v) is 6.15. The lowest BCUT2D eigenvalue weighted by molar-refractivity contribution is -0.137. The highest BCUT2D eigenvalue weighted by molar-refractivity contribution is 5.25. The van der Waals surface area contributed by atoms with E-state index in [2.05, 4.69) is 12.0 Å². The van der Waals surface area contributed by atoms with E-state index in [0.29, 0.717) is 12.8 Å². The van der Waals surface area contributed by atoms with Crippen molar-refractivity contribution in [2.24, 2.45) is 5.84 Å². The van der Waals surface area contributed by atoms with Crippen molar-refractivity contribution in [3.63, 3.8) is 0 Å². The van der Waals surface area contributed by atoms with Crippen LogP contribution in [0.1, 0.15) is 30.9 Å². The van der Waals surface area contributed by atoms with Crippen LogP contribution >= 0.6 is 0 Å². The Kier molecular flexibility index (Phi) is 5.57. The lowest BCUT2D eigenvalue weighted by Crippen LogP contribution is -2.37. The molecule has 1 unspecified atom stereocenters. The van der Waals surface area contributed by atoms with Crippen molar-refractivity contribution in [2.45, 2.75) is 38.4 Å². The van der Waals surface area contributed by atoms with Gasteiger partial charge in [-0.05, 0) is 37.0 Å². The van der Waals surface area contributed by atoms with E-state index in [1.54, 1.807) is 0 Å². The van der Waals surface area contributed by atoms with Gasteiger partial charge in [-0.3, -0.25) is 11.3 Å². The van der Waals surface area contributed by atoms with E-state index >= 15 is 0 Å². The molecule has 0 amide bonds. The van der Waals surface area contributed by atoms with Crippen LogP contribution in [0.3, 0.4) is 0 Å². The first-order chi connectivity index (χ1) is 8.86. The number of halogens is 3. The maximum atomic E-state index is 12.4. The molecule has 0 aliphatic rings. The lowest BCUT2D eigenvalue weighted by atomic mass is 9.98. The van der Waals surface area contributed by atoms with E-state index in [1.165, 1.54) is 12.1 Å². The highest BCUT2D eigenvalue weighted by Crippen LogP contribution is 2.29. The molecule has 1 aromatic rings. The second-order valence-electron chi connectivity index (χ2n) is 4.57. The molecular formula is C14H19F3N2. The van der Waals surface area contributed by atoms with Gasteiger partial charge in [-0.1, -0.05) is 31.2 Å². The Labute approximate surface area is 111 Å². The van der Waals surface area contributed by atoms with Crippen LogP contribution in [-0.2, 0) is 12.6 Å². The number of hydrogen-bond acceptors (Lipinski definition) is 2. The lowest BCUT2D eigenvalue weighted by Gasteiger charge is -2.17. The summed E-state index contributed by atoms with van der Waals surface area (Å²) in [6, 6.07) is 5.16. The number of hydrazine groups is 1. The van der Waals surface area contributed by atoms with Gasteiger partial charge in [0.15, 0.2) is 0 Å². The molecule has 0 aromatic heterocycles. The highest BCUT2D eigenvalue weighted by Gasteiger charge is 2.29. The normalized spacial score (nSPS) is 13.3. The number of nitrogens with one attached hydrogen (secondary N) is 1. The van der Waals surface area contributed by atoms with E-state index in [0.717, 1.165) is 29.7 Å². The zero-order valence-corrected chi connectivity index (χ0v) is 10.9. The van der Waals surface area contributed by atoms with E-state index in [4.69, 9.17) is 5.84 Å². The minimum absolute atomic E-state index is 0.0100. The second kappa shape index (κ2) is 6.73. The third-order valence-corrected chi connectivity index (χ3v) is 3.03. The summed E-state index contributed by atoms with van der Waals surface area (Å²) in [5.41, 5.74) is 3.93. The molecule has 1 aromatic carbocycles. The van der Waals surface area contributed by atoms with Crippen molar-refractivity contribution in [2.75, 3.05) is 0 Å². The molecule has 1 rings (SSSR count). The average Bonchev–Trinajstić information content (AvgIpc) is 2.37. The minimum atomic E-state index is -4.29. The first kappa shape index (κ1) is 15.7. The first-order valence-electron chi connectivity index (χ1n) is 6.15. The molecule has 0 spiro atoms. The quantitative estimate of drug-likeness (QED) is 0.473. The smallest absolute Gasteiger partial charge is 0.271 e. The van der Waals surface area contributed by atoms with Gasteiger partial charge in [-0.15, -0.1) is 0 Å². The number of alkyl halides is 3. The molecule has 0 heterocycles. The number of benzene rings is 1. The van der Waals surface area contributed by atoms with Gasteiger partial charge in [0.2, 0.25) is 0 Å². The van der Waals surface area contributed by atoms with Crippen LogP contribution in [0.5, 0.6) is 0 Å². The summed E-state index contributed by atoms with van der Waals surface area (Å²) >= 11 is 0. The molecule has 0 fully saturated rings. The summed E-state index contributed by atoms with van der Waals surface area (Å²) in [7, 11) is 0. The van der Waals surface area contributed by atoms with Crippen molar-refractivity contribution in [1.29, 1.82) is 0 Å². The predicted octanol–water partition coefficient (Wildman–Crippen LogP) is 3.44. The molecule has 2 nitrogen and oxygen atoms in total. The standard InChI is InChI=1S/C14H19F3N2/c1-3-10(2)8-13(19-18)9-11-4-6-12(7-5-11)14(15,16)17/h4-7,13,19H,2-3,8-9,18H2,1H3. The molecule has 0 aliphatic heterocycles. The van der Waals surface area contributed by atoms with Crippen molar-refractivity contribution < 1.29 is 13.2 Å². The Balaban J connectivity index is 2.68. The van der Waals surface area contributed by atoms with Gasteiger partial charge in [0, 0.05) is 6.04 Å². The Hall–Kier alpha value is -1.33. The van der Waals surface area contributed by atoms with E-state index < -0.39 is 11.7 Å². The molecule has 0 saturated carbocycles. The Morgan fingerprint density at radius 1 is 1.32 bits per heavy atom. The maximum Gasteiger partial charge on any atom is 0.416 e. The Morgan fingerprint density at radius 3 is 2.32 bits per heavy atom. The molecule has 0 bridgehead atoms. The fourth-order valence-corrected chi connectivity index (χ4v) is 1.80. The van der Waals surface area contributed by atoms with Crippen LogP contribution in [-0.4, -0.2) is 6.04 Å². The maximum absolute atomic E-state index is 12.4. The third-order valence-electron chi connectivity index (χ3n) is 3.03. The Bertz CT molecular complexity index is 410. The summed E-state index contributed by atoms with van der Waals surface area (Å²) in [5.74, 6) is 5.45. The molecule has 0 radical (unpaired) electrons. The summed E-state index contributed by atoms with van der Waals surface area (Å²) in [5, 5.41) is 0. The minimum Gasteiger partial charge on any atom is -0.271 e. The van der Waals surface area contributed by atoms with Crippen LogP contribution in [0.25, 0.3) is 0 Å². The van der Waals surface area contributed by atoms with Gasteiger partial charge in [-0.25, -0.2) is 0 Å². The van der Waals surface area contributed by atoms with Gasteiger partial charge in [-0.2, -0.15) is 13.2 Å². The molecule has 5 heteroatoms. The van der Waals surface area contributed by atoms with Crippen LogP contribution in [0.4, 0.5) is 13.2 Å². The molecule has 1 atom stereocenters. The van der Waals surface area contributed by atoms with E-state index in [-0.39, 0.29) is 6.04 Å². The largest absolute Gasteiger partial charge is 0.416 e. The molecular weight excluding hydrogens is 253 g/mol. The van der Waals surface area contributed by atoms with E-state index in [9.17, 15) is 13.2 Å².